The van der Waals surface area contributed by atoms with E-state index in [0.29, 0.717) is 5.75 Å². The highest BCUT2D eigenvalue weighted by molar-refractivity contribution is 7.80. The van der Waals surface area contributed by atoms with Gasteiger partial charge in [0.1, 0.15) is 11.6 Å². The van der Waals surface area contributed by atoms with Crippen LogP contribution < -0.4 is 20.9 Å². The number of ether oxygens (including phenoxy) is 1. The molecule has 0 spiro atoms. The Bertz CT molecular complexity index is 866. The first-order valence-electron chi connectivity index (χ1n) is 7.49. The molecule has 8 nitrogen and oxygen atoms in total. The van der Waals surface area contributed by atoms with Gasteiger partial charge in [-0.2, -0.15) is 0 Å². The number of carbonyl (C=O) groups excluding carboxylic acids is 1. The molecule has 2 aromatic carbocycles. The van der Waals surface area contributed by atoms with Gasteiger partial charge in [-0.3, -0.25) is 25.8 Å². The second-order valence-electron chi connectivity index (χ2n) is 5.20. The number of nitrogens with one attached hydrogen (secondary N) is 3. The van der Waals surface area contributed by atoms with Gasteiger partial charge in [0.15, 0.2) is 11.2 Å². The van der Waals surface area contributed by atoms with Gasteiger partial charge in [-0.15, -0.1) is 0 Å². The molecule has 0 saturated carbocycles. The minimum absolute atomic E-state index is 0.0419. The minimum atomic E-state index is -0.896. The Hall–Kier alpha value is -2.98. The number of benzene rings is 2. The highest BCUT2D eigenvalue weighted by Gasteiger charge is 2.15. The highest BCUT2D eigenvalue weighted by atomic mass is 35.5. The lowest BCUT2D eigenvalue weighted by Crippen LogP contribution is -2.48. The maximum atomic E-state index is 12.9. The molecule has 2 rings (SSSR count). The number of carbonyl (C=O) groups is 1. The summed E-state index contributed by atoms with van der Waals surface area (Å²) in [6, 6.07) is 9.01. The van der Waals surface area contributed by atoms with E-state index in [4.69, 9.17) is 28.6 Å². The Morgan fingerprint density at radius 1 is 1.26 bits per heavy atom. The molecule has 0 radical (unpaired) electrons. The Kier molecular flexibility index (Phi) is 6.85. The third-order valence-electron chi connectivity index (χ3n) is 3.20. The molecule has 142 valence electrons. The van der Waals surface area contributed by atoms with E-state index in [0.717, 1.165) is 0 Å². The number of hydrogen-bond donors (Lipinski definition) is 3. The van der Waals surface area contributed by atoms with Crippen molar-refractivity contribution in [3.63, 3.8) is 0 Å². The van der Waals surface area contributed by atoms with Gasteiger partial charge in [-0.05, 0) is 49.5 Å². The van der Waals surface area contributed by atoms with Gasteiger partial charge in [-0.25, -0.2) is 4.39 Å². The summed E-state index contributed by atoms with van der Waals surface area (Å²) < 4.78 is 18.2. The number of rotatable bonds is 5. The van der Waals surface area contributed by atoms with Crippen molar-refractivity contribution in [1.29, 1.82) is 0 Å². The molecule has 27 heavy (non-hydrogen) atoms. The van der Waals surface area contributed by atoms with Crippen molar-refractivity contribution in [2.75, 3.05) is 5.32 Å². The number of nitro groups is 1. The molecule has 0 aromatic heterocycles. The molecule has 0 bridgehead atoms. The zero-order chi connectivity index (χ0) is 20.0. The normalized spacial score (nSPS) is 11.2. The van der Waals surface area contributed by atoms with Crippen LogP contribution in [0.25, 0.3) is 0 Å². The lowest BCUT2D eigenvalue weighted by molar-refractivity contribution is -0.384. The molecule has 0 aliphatic heterocycles. The maximum Gasteiger partial charge on any atom is 0.279 e. The van der Waals surface area contributed by atoms with E-state index in [1.54, 1.807) is 0 Å². The molecule has 0 unspecified atom stereocenters. The quantitative estimate of drug-likeness (QED) is 0.393. The SMILES string of the molecule is C[C@@H](Oc1ccc(F)cc1)C(=O)NNC(=S)Nc1cc([N+](=O)[O-])ccc1Cl. The van der Waals surface area contributed by atoms with E-state index in [1.807, 2.05) is 0 Å². The number of non-ortho nitro benzene ring substituents is 1. The lowest BCUT2D eigenvalue weighted by Gasteiger charge is -2.16. The van der Waals surface area contributed by atoms with Crippen LogP contribution in [0.4, 0.5) is 15.8 Å². The predicted molar refractivity (Wildman–Crippen MR) is 102 cm³/mol. The molecule has 3 N–H and O–H groups in total. The van der Waals surface area contributed by atoms with E-state index < -0.39 is 22.8 Å². The van der Waals surface area contributed by atoms with Crippen LogP contribution in [0.5, 0.6) is 5.75 Å². The van der Waals surface area contributed by atoms with Gasteiger partial charge < -0.3 is 10.1 Å². The van der Waals surface area contributed by atoms with Crippen molar-refractivity contribution in [2.24, 2.45) is 0 Å². The Labute approximate surface area is 163 Å². The van der Waals surface area contributed by atoms with Crippen LogP contribution in [0, 0.1) is 15.9 Å². The monoisotopic (exact) mass is 412 g/mol. The number of hydrogen-bond acceptors (Lipinski definition) is 5. The number of nitro benzene ring substituents is 1. The first-order valence-corrected chi connectivity index (χ1v) is 8.28. The van der Waals surface area contributed by atoms with Crippen molar-refractivity contribution in [3.05, 3.63) is 63.4 Å². The molecular formula is C16H14ClFN4O4S. The first kappa shape index (κ1) is 20.3. The molecule has 1 amide bonds. The fourth-order valence-corrected chi connectivity index (χ4v) is 2.19. The molecule has 0 aliphatic rings. The van der Waals surface area contributed by atoms with Crippen molar-refractivity contribution < 1.29 is 18.8 Å². The number of amides is 1. The van der Waals surface area contributed by atoms with E-state index >= 15 is 0 Å². The fourth-order valence-electron chi connectivity index (χ4n) is 1.87. The molecule has 0 fully saturated rings. The number of nitrogens with zero attached hydrogens (tertiary/aromatic N) is 1. The summed E-state index contributed by atoms with van der Waals surface area (Å²) in [6.45, 7) is 1.49. The van der Waals surface area contributed by atoms with Gasteiger partial charge in [0.05, 0.1) is 15.6 Å². The van der Waals surface area contributed by atoms with Crippen molar-refractivity contribution in [1.82, 2.24) is 10.9 Å². The maximum absolute atomic E-state index is 12.9. The third kappa shape index (κ3) is 6.04. The molecule has 0 aliphatic carbocycles. The van der Waals surface area contributed by atoms with Gasteiger partial charge >= 0.3 is 0 Å². The van der Waals surface area contributed by atoms with Crippen LogP contribution in [0.1, 0.15) is 6.92 Å². The van der Waals surface area contributed by atoms with Crippen LogP contribution in [-0.2, 0) is 4.79 Å². The topological polar surface area (TPSA) is 106 Å². The standard InChI is InChI=1S/C16H14ClFN4O4S/c1-9(26-12-5-2-10(18)3-6-12)15(23)20-21-16(27)19-14-8-11(22(24)25)4-7-13(14)17/h2-9H,1H3,(H,20,23)(H2,19,21,27)/t9-/m1/s1. The second kappa shape index (κ2) is 9.10. The van der Waals surface area contributed by atoms with Crippen molar-refractivity contribution in [3.8, 4) is 5.75 Å². The lowest BCUT2D eigenvalue weighted by atomic mass is 10.3. The number of hydrazine groups is 1. The van der Waals surface area contributed by atoms with Gasteiger partial charge in [-0.1, -0.05) is 11.6 Å². The first-order chi connectivity index (χ1) is 12.8. The second-order valence-corrected chi connectivity index (χ2v) is 6.02. The van der Waals surface area contributed by atoms with Gasteiger partial charge in [0, 0.05) is 12.1 Å². The van der Waals surface area contributed by atoms with Gasteiger partial charge in [0.25, 0.3) is 11.6 Å². The Morgan fingerprint density at radius 2 is 1.93 bits per heavy atom. The zero-order valence-corrected chi connectivity index (χ0v) is 15.4. The Morgan fingerprint density at radius 3 is 2.56 bits per heavy atom. The average Bonchev–Trinajstić information content (AvgIpc) is 2.63. The molecule has 0 heterocycles. The van der Waals surface area contributed by atoms with E-state index in [9.17, 15) is 19.3 Å². The van der Waals surface area contributed by atoms with Crippen LogP contribution in [0.2, 0.25) is 5.02 Å². The summed E-state index contributed by atoms with van der Waals surface area (Å²) >= 11 is 11.0. The molecule has 11 heteroatoms. The zero-order valence-electron chi connectivity index (χ0n) is 13.9. The summed E-state index contributed by atoms with van der Waals surface area (Å²) in [5.74, 6) is -0.644. The average molecular weight is 413 g/mol. The van der Waals surface area contributed by atoms with Crippen LogP contribution in [0.3, 0.4) is 0 Å². The summed E-state index contributed by atoms with van der Waals surface area (Å²) in [5.41, 5.74) is 4.79. The van der Waals surface area contributed by atoms with E-state index in [-0.39, 0.29) is 21.5 Å². The van der Waals surface area contributed by atoms with Crippen molar-refractivity contribution >= 4 is 46.2 Å². The summed E-state index contributed by atoms with van der Waals surface area (Å²) in [5, 5.41) is 13.6. The highest BCUT2D eigenvalue weighted by Crippen LogP contribution is 2.26. The van der Waals surface area contributed by atoms with Gasteiger partial charge in [0.2, 0.25) is 0 Å². The smallest absolute Gasteiger partial charge is 0.279 e. The van der Waals surface area contributed by atoms with Crippen LogP contribution in [0.15, 0.2) is 42.5 Å². The molecule has 0 saturated heterocycles. The number of thiocarbonyl (C=S) groups is 1. The van der Waals surface area contributed by atoms with Crippen LogP contribution in [-0.4, -0.2) is 22.0 Å². The predicted octanol–water partition coefficient (Wildman–Crippen LogP) is 3.17. The fraction of sp³-hybridized carbons (Fsp3) is 0.125. The summed E-state index contributed by atoms with van der Waals surface area (Å²) in [4.78, 5) is 22.2. The Balaban J connectivity index is 1.87. The van der Waals surface area contributed by atoms with E-state index in [1.165, 1.54) is 49.4 Å². The van der Waals surface area contributed by atoms with Crippen molar-refractivity contribution in [2.45, 2.75) is 13.0 Å². The minimum Gasteiger partial charge on any atom is -0.481 e. The summed E-state index contributed by atoms with van der Waals surface area (Å²) in [6.07, 6.45) is -0.896. The number of halogens is 2. The molecule has 1 atom stereocenters. The largest absolute Gasteiger partial charge is 0.481 e. The number of anilines is 1. The van der Waals surface area contributed by atoms with Crippen LogP contribution >= 0.6 is 23.8 Å². The third-order valence-corrected chi connectivity index (χ3v) is 3.74. The molecule has 2 aromatic rings. The summed E-state index contributed by atoms with van der Waals surface area (Å²) in [7, 11) is 0. The molecular weight excluding hydrogens is 399 g/mol. The van der Waals surface area contributed by atoms with E-state index in [2.05, 4.69) is 16.2 Å².